The van der Waals surface area contributed by atoms with Gasteiger partial charge in [0.05, 0.1) is 12.3 Å². The molecule has 0 atom stereocenters. The van der Waals surface area contributed by atoms with Crippen LogP contribution in [0.5, 0.6) is 11.5 Å². The van der Waals surface area contributed by atoms with Crippen LogP contribution in [0.2, 0.25) is 0 Å². The Kier molecular flexibility index (Phi) is 7.65. The number of hydrogen-bond donors (Lipinski definition) is 1. The van der Waals surface area contributed by atoms with Crippen LogP contribution >= 0.6 is 0 Å². The summed E-state index contributed by atoms with van der Waals surface area (Å²) < 4.78 is 27.1. The van der Waals surface area contributed by atoms with Crippen molar-refractivity contribution in [1.29, 1.82) is 0 Å². The van der Waals surface area contributed by atoms with E-state index >= 15 is 0 Å². The predicted octanol–water partition coefficient (Wildman–Crippen LogP) is 4.11. The van der Waals surface area contributed by atoms with E-state index in [-0.39, 0.29) is 12.5 Å². The molecule has 1 N–H and O–H groups in total. The number of likely N-dealkylation sites (N-methyl/N-ethyl adjacent to an activating group) is 1. The highest BCUT2D eigenvalue weighted by Gasteiger charge is 2.13. The minimum atomic E-state index is -0.403. The molecule has 0 spiro atoms. The Morgan fingerprint density at radius 1 is 1.18 bits per heavy atom. The first kappa shape index (κ1) is 25.0. The topological polar surface area (TPSA) is 107 Å². The van der Waals surface area contributed by atoms with E-state index in [0.717, 1.165) is 15.9 Å². The number of halogens is 1. The summed E-state index contributed by atoms with van der Waals surface area (Å²) in [6.07, 6.45) is 9.01. The fraction of sp³-hybridized carbons (Fsp3) is 0.222. The van der Waals surface area contributed by atoms with Crippen LogP contribution in [-0.4, -0.2) is 62.3 Å². The van der Waals surface area contributed by atoms with Crippen molar-refractivity contribution < 1.29 is 18.7 Å². The van der Waals surface area contributed by atoms with Gasteiger partial charge in [-0.15, -0.1) is 0 Å². The number of hydrogen-bond acceptors (Lipinski definition) is 9. The molecule has 38 heavy (non-hydrogen) atoms. The number of benzene rings is 2. The van der Waals surface area contributed by atoms with E-state index in [1.54, 1.807) is 24.4 Å². The second-order valence-corrected chi connectivity index (χ2v) is 8.72. The highest BCUT2D eigenvalue weighted by atomic mass is 19.1. The second kappa shape index (κ2) is 11.6. The van der Waals surface area contributed by atoms with E-state index in [2.05, 4.69) is 36.3 Å². The molecule has 0 fully saturated rings. The maximum atomic E-state index is 14.3. The molecule has 2 aromatic carbocycles. The van der Waals surface area contributed by atoms with Gasteiger partial charge in [-0.1, -0.05) is 12.2 Å². The molecule has 1 aliphatic heterocycles. The molecular weight excluding hydrogens is 489 g/mol. The summed E-state index contributed by atoms with van der Waals surface area (Å²) in [6, 6.07) is 11.8. The maximum absolute atomic E-state index is 14.3. The van der Waals surface area contributed by atoms with Crippen LogP contribution in [0.4, 0.5) is 16.0 Å². The Balaban J connectivity index is 1.44. The second-order valence-electron chi connectivity index (χ2n) is 8.72. The predicted molar refractivity (Wildman–Crippen MR) is 139 cm³/mol. The van der Waals surface area contributed by atoms with Crippen LogP contribution in [0.3, 0.4) is 0 Å². The van der Waals surface area contributed by atoms with E-state index in [4.69, 9.17) is 9.47 Å². The van der Waals surface area contributed by atoms with Gasteiger partial charge in [0.1, 0.15) is 30.0 Å². The molecule has 0 radical (unpaired) electrons. The van der Waals surface area contributed by atoms with Gasteiger partial charge < -0.3 is 14.8 Å². The lowest BCUT2D eigenvalue weighted by Crippen LogP contribution is -2.21. The largest absolute Gasteiger partial charge is 0.493 e. The van der Waals surface area contributed by atoms with Gasteiger partial charge in [0, 0.05) is 42.2 Å². The Morgan fingerprint density at radius 2 is 2.11 bits per heavy atom. The number of nitrogens with one attached hydrogen (secondary N) is 1. The lowest BCUT2D eigenvalue weighted by atomic mass is 10.1. The molecule has 0 saturated heterocycles. The lowest BCUT2D eigenvalue weighted by Gasteiger charge is -2.19. The van der Waals surface area contributed by atoms with Crippen molar-refractivity contribution in [3.63, 3.8) is 0 Å². The third-order valence-electron chi connectivity index (χ3n) is 5.74. The first-order chi connectivity index (χ1) is 18.5. The summed E-state index contributed by atoms with van der Waals surface area (Å²) in [5.74, 6) is 0.639. The van der Waals surface area contributed by atoms with Crippen molar-refractivity contribution in [2.24, 2.45) is 0 Å². The fourth-order valence-electron chi connectivity index (χ4n) is 3.94. The van der Waals surface area contributed by atoms with Gasteiger partial charge >= 0.3 is 0 Å². The summed E-state index contributed by atoms with van der Waals surface area (Å²) >= 11 is 0. The number of rotatable bonds is 3. The molecule has 10 nitrogen and oxygen atoms in total. The van der Waals surface area contributed by atoms with Crippen molar-refractivity contribution in [2.45, 2.75) is 13.0 Å². The highest BCUT2D eigenvalue weighted by molar-refractivity contribution is 5.79. The van der Waals surface area contributed by atoms with E-state index < -0.39 is 5.82 Å². The maximum Gasteiger partial charge on any atom is 0.286 e. The third-order valence-corrected chi connectivity index (χ3v) is 5.74. The number of ether oxygens (including phenoxy) is 2. The molecule has 0 saturated carbocycles. The Hall–Kier alpha value is -4.64. The van der Waals surface area contributed by atoms with Crippen LogP contribution in [0.1, 0.15) is 16.8 Å². The molecule has 0 amide bonds. The third kappa shape index (κ3) is 6.37. The first-order valence-corrected chi connectivity index (χ1v) is 12.0. The normalized spacial score (nSPS) is 14.1. The van der Waals surface area contributed by atoms with Gasteiger partial charge in [-0.05, 0) is 49.9 Å². The quantitative estimate of drug-likeness (QED) is 0.403. The molecule has 0 aliphatic carbocycles. The summed E-state index contributed by atoms with van der Waals surface area (Å²) in [4.78, 5) is 27.2. The van der Waals surface area contributed by atoms with Gasteiger partial charge in [-0.2, -0.15) is 9.78 Å². The number of carbonyl (C=O) groups excluding carboxylic acids is 1. The molecule has 11 heteroatoms. The average molecular weight is 516 g/mol. The molecular formula is C27H26FN7O3. The van der Waals surface area contributed by atoms with Crippen LogP contribution in [0.15, 0.2) is 73.5 Å². The van der Waals surface area contributed by atoms with Crippen molar-refractivity contribution in [2.75, 3.05) is 32.1 Å². The highest BCUT2D eigenvalue weighted by Crippen LogP contribution is 2.28. The molecule has 2 aromatic heterocycles. The van der Waals surface area contributed by atoms with Crippen LogP contribution < -0.4 is 14.8 Å². The SMILES string of the molecule is CN1CC=CCCOc2cc(F)cc(c2)-c2ccnc(n2)Nc2ccc(OCC(=O)n3cncn3)c(c2)C1. The molecule has 6 bridgehead atoms. The number of anilines is 2. The molecule has 0 unspecified atom stereocenters. The number of aromatic nitrogens is 5. The Morgan fingerprint density at radius 3 is 2.97 bits per heavy atom. The summed E-state index contributed by atoms with van der Waals surface area (Å²) in [6.45, 7) is 1.48. The van der Waals surface area contributed by atoms with Crippen molar-refractivity contribution in [1.82, 2.24) is 29.6 Å². The van der Waals surface area contributed by atoms with Gasteiger partial charge in [0.15, 0.2) is 6.61 Å². The van der Waals surface area contributed by atoms with E-state index in [0.29, 0.717) is 54.8 Å². The number of nitrogens with zero attached hydrogens (tertiary/aromatic N) is 6. The van der Waals surface area contributed by atoms with Crippen molar-refractivity contribution in [3.8, 4) is 22.8 Å². The van der Waals surface area contributed by atoms with Crippen molar-refractivity contribution >= 4 is 17.5 Å². The van der Waals surface area contributed by atoms with Crippen LogP contribution in [0, 0.1) is 5.82 Å². The van der Waals surface area contributed by atoms with Gasteiger partial charge in [0.2, 0.25) is 5.95 Å². The van der Waals surface area contributed by atoms with E-state index in [1.807, 2.05) is 25.3 Å². The van der Waals surface area contributed by atoms with E-state index in [1.165, 1.54) is 24.8 Å². The summed E-state index contributed by atoms with van der Waals surface area (Å²) in [5, 5.41) is 7.07. The molecule has 194 valence electrons. The monoisotopic (exact) mass is 515 g/mol. The van der Waals surface area contributed by atoms with Gasteiger partial charge in [-0.25, -0.2) is 19.3 Å². The molecule has 4 aromatic rings. The minimum Gasteiger partial charge on any atom is -0.493 e. The average Bonchev–Trinajstić information content (AvgIpc) is 3.45. The first-order valence-electron chi connectivity index (χ1n) is 12.0. The molecule has 5 rings (SSSR count). The minimum absolute atomic E-state index is 0.187. The summed E-state index contributed by atoms with van der Waals surface area (Å²) in [7, 11) is 1.99. The van der Waals surface area contributed by atoms with Crippen molar-refractivity contribution in [3.05, 3.63) is 84.8 Å². The fourth-order valence-corrected chi connectivity index (χ4v) is 3.94. The number of carbonyl (C=O) groups is 1. The Labute approximate surface area is 218 Å². The van der Waals surface area contributed by atoms with Crippen LogP contribution in [-0.2, 0) is 6.54 Å². The molecule has 1 aliphatic rings. The van der Waals surface area contributed by atoms with Crippen LogP contribution in [0.25, 0.3) is 11.3 Å². The standard InChI is InChI=1S/C27H26FN7O3/c1-34-9-3-2-4-10-37-23-13-19(11-21(28)14-23)24-7-8-30-27(33-24)32-22-5-6-25(20(12-22)15-34)38-16-26(36)35-18-29-17-31-35/h2-3,5-8,11-14,17-18H,4,9-10,15-16H2,1H3,(H,30,32,33). The van der Waals surface area contributed by atoms with E-state index in [9.17, 15) is 9.18 Å². The Bertz CT molecular complexity index is 1440. The van der Waals surface area contributed by atoms with Gasteiger partial charge in [-0.3, -0.25) is 9.69 Å². The zero-order chi connectivity index (χ0) is 26.3. The van der Waals surface area contributed by atoms with Gasteiger partial charge in [0.25, 0.3) is 5.91 Å². The molecule has 3 heterocycles. The zero-order valence-electron chi connectivity index (χ0n) is 20.7. The summed E-state index contributed by atoms with van der Waals surface area (Å²) in [5.41, 5.74) is 2.75. The number of fused-ring (bicyclic) bond motifs is 7. The lowest BCUT2D eigenvalue weighted by molar-refractivity contribution is 0.0819. The smallest absolute Gasteiger partial charge is 0.286 e. The zero-order valence-corrected chi connectivity index (χ0v) is 20.7.